The summed E-state index contributed by atoms with van der Waals surface area (Å²) in [5.74, 6) is -0.842. The first-order valence-electron chi connectivity index (χ1n) is 17.8. The molecule has 45 heavy (non-hydrogen) atoms. The van der Waals surface area contributed by atoms with Gasteiger partial charge in [0.1, 0.15) is 19.8 Å². The second-order valence-corrected chi connectivity index (χ2v) is 15.5. The summed E-state index contributed by atoms with van der Waals surface area (Å²) in [5, 5.41) is 1.03. The van der Waals surface area contributed by atoms with Crippen LogP contribution in [0.5, 0.6) is 0 Å². The number of halogens is 1. The van der Waals surface area contributed by atoms with Gasteiger partial charge in [0.15, 0.2) is 6.10 Å². The molecule has 0 heterocycles. The average Bonchev–Trinajstić information content (AvgIpc) is 2.97. The Hall–Kier alpha value is -0.510. The number of phosphoric ester groups is 1. The van der Waals surface area contributed by atoms with Crippen molar-refractivity contribution in [1.29, 1.82) is 0 Å². The monoisotopic (exact) mass is 727 g/mol. The number of ether oxygens (including phenoxy) is 2. The van der Waals surface area contributed by atoms with E-state index < -0.39 is 26.5 Å². The first-order valence-corrected chi connectivity index (χ1v) is 20.4. The smallest absolute Gasteiger partial charge is 0.306 e. The molecule has 0 aliphatic heterocycles. The lowest BCUT2D eigenvalue weighted by molar-refractivity contribution is -0.870. The predicted molar refractivity (Wildman–Crippen MR) is 184 cm³/mol. The maximum Gasteiger partial charge on any atom is 0.306 e. The summed E-state index contributed by atoms with van der Waals surface area (Å²) in [4.78, 5) is 37.1. The third kappa shape index (κ3) is 33.2. The van der Waals surface area contributed by atoms with E-state index >= 15 is 0 Å². The number of phosphoric acid groups is 1. The first kappa shape index (κ1) is 44.5. The van der Waals surface area contributed by atoms with Crippen LogP contribution < -0.4 is 4.89 Å². The fraction of sp³-hybridized carbons (Fsp3) is 0.941. The molecule has 0 aromatic rings. The highest BCUT2D eigenvalue weighted by atomic mass is 79.9. The summed E-state index contributed by atoms with van der Waals surface area (Å²) in [7, 11) is 1.17. The van der Waals surface area contributed by atoms with Crippen molar-refractivity contribution in [2.45, 2.75) is 154 Å². The van der Waals surface area contributed by atoms with Gasteiger partial charge in [-0.3, -0.25) is 14.2 Å². The SMILES string of the molecule is CCCCCCCCCCCCCCCC(=O)OC[C@H](COP(=O)([O-])OCC[N+](C)(C)C)OC(=O)CCCCCCCCCBr. The Morgan fingerprint density at radius 1 is 0.667 bits per heavy atom. The summed E-state index contributed by atoms with van der Waals surface area (Å²) in [6.07, 6.45) is 22.8. The highest BCUT2D eigenvalue weighted by molar-refractivity contribution is 9.09. The molecule has 0 radical (unpaired) electrons. The molecule has 0 aromatic heterocycles. The van der Waals surface area contributed by atoms with E-state index in [4.69, 9.17) is 18.5 Å². The quantitative estimate of drug-likeness (QED) is 0.0217. The zero-order valence-corrected chi connectivity index (χ0v) is 31.7. The van der Waals surface area contributed by atoms with Crippen molar-refractivity contribution >= 4 is 35.7 Å². The number of nitrogens with zero attached hydrogens (tertiary/aromatic N) is 1. The Labute approximate surface area is 284 Å². The van der Waals surface area contributed by atoms with E-state index in [1.807, 2.05) is 21.1 Å². The number of hydrogen-bond acceptors (Lipinski definition) is 8. The third-order valence-electron chi connectivity index (χ3n) is 7.66. The van der Waals surface area contributed by atoms with Crippen LogP contribution in [0.1, 0.15) is 148 Å². The number of rotatable bonds is 33. The maximum absolute atomic E-state index is 12.5. The van der Waals surface area contributed by atoms with Crippen molar-refractivity contribution in [3.63, 3.8) is 0 Å². The Kier molecular flexibility index (Phi) is 29.3. The lowest BCUT2D eigenvalue weighted by Crippen LogP contribution is -2.37. The van der Waals surface area contributed by atoms with E-state index in [-0.39, 0.29) is 32.0 Å². The number of quaternary nitrogens is 1. The highest BCUT2D eigenvalue weighted by Crippen LogP contribution is 2.38. The van der Waals surface area contributed by atoms with Crippen LogP contribution >= 0.6 is 23.8 Å². The van der Waals surface area contributed by atoms with Gasteiger partial charge in [0.2, 0.25) is 0 Å². The molecular weight excluding hydrogens is 661 g/mol. The molecule has 9 nitrogen and oxygen atoms in total. The van der Waals surface area contributed by atoms with Gasteiger partial charge in [-0.2, -0.15) is 0 Å². The zero-order chi connectivity index (χ0) is 33.7. The molecule has 0 aliphatic rings. The number of carbonyl (C=O) groups excluding carboxylic acids is 2. The van der Waals surface area contributed by atoms with E-state index in [0.717, 1.165) is 43.9 Å². The molecule has 0 aromatic carbocycles. The molecule has 0 bridgehead atoms. The first-order chi connectivity index (χ1) is 21.5. The Balaban J connectivity index is 4.40. The van der Waals surface area contributed by atoms with Gasteiger partial charge in [-0.25, -0.2) is 0 Å². The fourth-order valence-corrected chi connectivity index (χ4v) is 5.92. The van der Waals surface area contributed by atoms with Gasteiger partial charge in [0.05, 0.1) is 27.7 Å². The van der Waals surface area contributed by atoms with Gasteiger partial charge in [0.25, 0.3) is 7.82 Å². The number of carbonyl (C=O) groups is 2. The summed E-state index contributed by atoms with van der Waals surface area (Å²) < 4.78 is 33.6. The summed E-state index contributed by atoms with van der Waals surface area (Å²) in [5.41, 5.74) is 0. The molecule has 0 N–H and O–H groups in total. The second kappa shape index (κ2) is 29.6. The topological polar surface area (TPSA) is 111 Å². The number of hydrogen-bond donors (Lipinski definition) is 0. The minimum Gasteiger partial charge on any atom is -0.756 e. The largest absolute Gasteiger partial charge is 0.756 e. The second-order valence-electron chi connectivity index (χ2n) is 13.3. The molecule has 0 fully saturated rings. The number of alkyl halides is 1. The van der Waals surface area contributed by atoms with E-state index in [1.165, 1.54) is 83.5 Å². The van der Waals surface area contributed by atoms with E-state index in [0.29, 0.717) is 17.4 Å². The minimum atomic E-state index is -4.60. The van der Waals surface area contributed by atoms with Gasteiger partial charge in [-0.1, -0.05) is 132 Å². The van der Waals surface area contributed by atoms with Crippen molar-refractivity contribution in [1.82, 2.24) is 0 Å². The molecule has 0 rings (SSSR count). The van der Waals surface area contributed by atoms with Crippen molar-refractivity contribution in [3.05, 3.63) is 0 Å². The molecule has 0 amide bonds. The van der Waals surface area contributed by atoms with Crippen molar-refractivity contribution in [3.8, 4) is 0 Å². The van der Waals surface area contributed by atoms with Crippen LogP contribution in [0.4, 0.5) is 0 Å². The number of esters is 2. The molecule has 268 valence electrons. The van der Waals surface area contributed by atoms with Crippen molar-refractivity contribution < 1.29 is 42.1 Å². The highest BCUT2D eigenvalue weighted by Gasteiger charge is 2.21. The Morgan fingerprint density at radius 3 is 1.58 bits per heavy atom. The van der Waals surface area contributed by atoms with E-state index in [9.17, 15) is 19.0 Å². The standard InChI is InChI=1S/C34H67BrNO8P/c1-5-6-7-8-9-10-11-12-13-14-16-19-22-25-33(37)41-30-32(31-43-45(39,40)42-29-28-36(2,3)4)44-34(38)26-23-20-17-15-18-21-24-27-35/h32H,5-31H2,1-4H3/t32-/m1/s1. The lowest BCUT2D eigenvalue weighted by atomic mass is 10.0. The van der Waals surface area contributed by atoms with E-state index in [1.54, 1.807) is 0 Å². The van der Waals surface area contributed by atoms with Gasteiger partial charge >= 0.3 is 11.9 Å². The molecule has 0 spiro atoms. The minimum absolute atomic E-state index is 0.0288. The van der Waals surface area contributed by atoms with Crippen LogP contribution in [-0.4, -0.2) is 75.4 Å². The van der Waals surface area contributed by atoms with Crippen LogP contribution in [0.15, 0.2) is 0 Å². The van der Waals surface area contributed by atoms with Crippen molar-refractivity contribution in [2.24, 2.45) is 0 Å². The normalized spacial score (nSPS) is 13.8. The molecule has 0 saturated heterocycles. The van der Waals surface area contributed by atoms with Gasteiger partial charge in [0, 0.05) is 18.2 Å². The summed E-state index contributed by atoms with van der Waals surface area (Å²) in [6, 6.07) is 0. The molecule has 0 aliphatic carbocycles. The van der Waals surface area contributed by atoms with E-state index in [2.05, 4.69) is 22.9 Å². The third-order valence-corrected chi connectivity index (χ3v) is 9.18. The summed E-state index contributed by atoms with van der Waals surface area (Å²) in [6.45, 7) is 1.97. The van der Waals surface area contributed by atoms with Gasteiger partial charge in [-0.15, -0.1) is 0 Å². The van der Waals surface area contributed by atoms with Gasteiger partial charge < -0.3 is 27.9 Å². The van der Waals surface area contributed by atoms with Crippen LogP contribution in [-0.2, 0) is 32.7 Å². The zero-order valence-electron chi connectivity index (χ0n) is 29.2. The fourth-order valence-electron chi connectivity index (χ4n) is 4.79. The molecule has 11 heteroatoms. The number of unbranched alkanes of at least 4 members (excludes halogenated alkanes) is 18. The molecule has 0 saturated carbocycles. The summed E-state index contributed by atoms with van der Waals surface area (Å²) >= 11 is 3.44. The molecule has 1 unspecified atom stereocenters. The average molecular weight is 729 g/mol. The van der Waals surface area contributed by atoms with Crippen LogP contribution in [0.3, 0.4) is 0 Å². The van der Waals surface area contributed by atoms with Crippen LogP contribution in [0, 0.1) is 0 Å². The Morgan fingerprint density at radius 2 is 1.11 bits per heavy atom. The van der Waals surface area contributed by atoms with Crippen LogP contribution in [0.25, 0.3) is 0 Å². The van der Waals surface area contributed by atoms with Gasteiger partial charge in [-0.05, 0) is 19.3 Å². The predicted octanol–water partition coefficient (Wildman–Crippen LogP) is 8.65. The Bertz CT molecular complexity index is 765. The maximum atomic E-state index is 12.5. The van der Waals surface area contributed by atoms with Crippen molar-refractivity contribution in [2.75, 3.05) is 52.8 Å². The molecule has 2 atom stereocenters. The number of likely N-dealkylation sites (N-methyl/N-ethyl adjacent to an activating group) is 1. The molecular formula is C34H67BrNO8P. The lowest BCUT2D eigenvalue weighted by Gasteiger charge is -2.28. The van der Waals surface area contributed by atoms with Crippen LogP contribution in [0.2, 0.25) is 0 Å².